The van der Waals surface area contributed by atoms with Crippen LogP contribution in [0.15, 0.2) is 72.8 Å². The lowest BCUT2D eigenvalue weighted by Crippen LogP contribution is -2.14. The summed E-state index contributed by atoms with van der Waals surface area (Å²) >= 11 is 12.3. The molecule has 0 atom stereocenters. The van der Waals surface area contributed by atoms with Gasteiger partial charge in [-0.3, -0.25) is 0 Å². The van der Waals surface area contributed by atoms with Crippen molar-refractivity contribution < 1.29 is 0 Å². The first kappa shape index (κ1) is 29.8. The van der Waals surface area contributed by atoms with Crippen LogP contribution in [0.25, 0.3) is 86.2 Å². The average molecular weight is 643 g/mol. The van der Waals surface area contributed by atoms with Gasteiger partial charge >= 0.3 is 0 Å². The highest BCUT2D eigenvalue weighted by molar-refractivity contribution is 6.53. The second-order valence-electron chi connectivity index (χ2n) is 15.6. The molecule has 0 N–H and O–H groups in total. The molecular formula is C42H30Al4. The normalized spacial score (nSPS) is 13.3. The summed E-state index contributed by atoms with van der Waals surface area (Å²) in [6.45, 7) is 13.8. The fourth-order valence-corrected chi connectivity index (χ4v) is 9.89. The molecule has 4 heteroatoms. The van der Waals surface area contributed by atoms with Crippen molar-refractivity contribution in [2.24, 2.45) is 0 Å². The number of benzene rings is 9. The number of fused-ring (bicyclic) bond motifs is 4. The molecule has 0 heterocycles. The van der Waals surface area contributed by atoms with Crippen LogP contribution >= 0.6 is 0 Å². The minimum absolute atomic E-state index is 0.0868. The molecule has 0 saturated heterocycles. The van der Waals surface area contributed by atoms with Gasteiger partial charge in [0.2, 0.25) is 0 Å². The lowest BCUT2D eigenvalue weighted by Gasteiger charge is -2.24. The van der Waals surface area contributed by atoms with Gasteiger partial charge in [-0.15, -0.1) is 17.7 Å². The van der Waals surface area contributed by atoms with Crippen molar-refractivity contribution in [3.63, 3.8) is 0 Å². The fourth-order valence-electron chi connectivity index (χ4n) is 8.12. The van der Waals surface area contributed by atoms with Gasteiger partial charge in [-0.2, -0.15) is 0 Å². The number of hydrogen-bond acceptors (Lipinski definition) is 0. The van der Waals surface area contributed by atoms with Crippen LogP contribution in [0.1, 0.15) is 52.7 Å². The van der Waals surface area contributed by atoms with E-state index in [9.17, 15) is 0 Å². The average Bonchev–Trinajstić information content (AvgIpc) is 2.96. The Morgan fingerprint density at radius 3 is 0.935 bits per heavy atom. The van der Waals surface area contributed by atoms with Crippen LogP contribution in [0.3, 0.4) is 0 Å². The first-order valence-corrected chi connectivity index (χ1v) is 18.4. The van der Waals surface area contributed by atoms with Crippen LogP contribution < -0.4 is 17.7 Å². The Bertz CT molecular complexity index is 2560. The molecule has 0 aliphatic heterocycles. The third kappa shape index (κ3) is 4.11. The fraction of sp³-hybridized carbons (Fsp3) is 0.190. The number of hydrogen-bond donors (Lipinski definition) is 0. The van der Waals surface area contributed by atoms with Gasteiger partial charge in [-0.05, 0) is 132 Å². The summed E-state index contributed by atoms with van der Waals surface area (Å²) in [6.07, 6.45) is 0. The van der Waals surface area contributed by atoms with Crippen molar-refractivity contribution in [1.29, 1.82) is 0 Å². The number of rotatable bonds is 0. The zero-order valence-corrected chi connectivity index (χ0v) is 31.9. The molecule has 0 aliphatic rings. The van der Waals surface area contributed by atoms with Gasteiger partial charge in [0.05, 0.1) is 0 Å². The Hall–Kier alpha value is -2.29. The van der Waals surface area contributed by atoms with E-state index in [1.54, 1.807) is 0 Å². The zero-order chi connectivity index (χ0) is 32.2. The molecule has 9 aromatic rings. The molecule has 9 aromatic carbocycles. The predicted octanol–water partition coefficient (Wildman–Crippen LogP) is 7.56. The summed E-state index contributed by atoms with van der Waals surface area (Å²) < 4.78 is 5.03. The van der Waals surface area contributed by atoms with Crippen LogP contribution in [0, 0.1) is 0 Å². The molecule has 0 amide bonds. The van der Waals surface area contributed by atoms with E-state index >= 15 is 0 Å². The van der Waals surface area contributed by atoms with Crippen molar-refractivity contribution in [3.8, 4) is 0 Å². The highest BCUT2D eigenvalue weighted by Crippen LogP contribution is 2.43. The zero-order valence-electron chi connectivity index (χ0n) is 27.2. The van der Waals surface area contributed by atoms with E-state index in [1.807, 2.05) is 0 Å². The van der Waals surface area contributed by atoms with E-state index in [0.717, 1.165) is 0 Å². The summed E-state index contributed by atoms with van der Waals surface area (Å²) in [4.78, 5) is 0. The lowest BCUT2D eigenvalue weighted by atomic mass is 9.82. The van der Waals surface area contributed by atoms with Gasteiger partial charge in [-0.25, -0.2) is 0 Å². The van der Waals surface area contributed by atoms with Gasteiger partial charge in [-0.1, -0.05) is 90.1 Å². The van der Waals surface area contributed by atoms with Crippen LogP contribution in [0.5, 0.6) is 0 Å². The van der Waals surface area contributed by atoms with Gasteiger partial charge in [0.15, 0.2) is 65.2 Å². The first-order valence-electron chi connectivity index (χ1n) is 16.1. The largest absolute Gasteiger partial charge is 0.176 e. The SMILES string of the molecule is CC(C)(C)c1cc2c[c]([Al])c3cc4cc5c(cc6[c]([Al])cc7cc(C(C)(C)C)cc8c[c]([Al])c5c6c78)cc4c4[c]([Al])cc(c1)c2c34. The Balaban J connectivity index is 1.45. The Kier molecular flexibility index (Phi) is 6.26. The molecule has 0 spiro atoms. The molecule has 0 aliphatic carbocycles. The van der Waals surface area contributed by atoms with Crippen molar-refractivity contribution >= 4 is 169 Å². The molecule has 0 aromatic heterocycles. The maximum Gasteiger partial charge on any atom is 0.176 e. The first-order chi connectivity index (χ1) is 21.7. The smallest absolute Gasteiger partial charge is 0.131 e. The maximum absolute atomic E-state index is 3.10. The third-order valence-electron chi connectivity index (χ3n) is 10.5. The summed E-state index contributed by atoms with van der Waals surface area (Å²) in [7, 11) is 0. The quantitative estimate of drug-likeness (QED) is 0.0911. The molecule has 8 radical (unpaired) electrons. The Labute approximate surface area is 302 Å². The minimum atomic E-state index is 0.0868. The summed E-state index contributed by atoms with van der Waals surface area (Å²) in [5, 5.41) is 21.4. The summed E-state index contributed by atoms with van der Waals surface area (Å²) in [5.41, 5.74) is 2.93. The third-order valence-corrected chi connectivity index (χ3v) is 12.3. The topological polar surface area (TPSA) is 0 Å². The second-order valence-corrected chi connectivity index (χ2v) is 18.1. The van der Waals surface area contributed by atoms with E-state index in [2.05, 4.69) is 179 Å². The molecule has 0 unspecified atom stereocenters. The Morgan fingerprint density at radius 1 is 0.304 bits per heavy atom. The van der Waals surface area contributed by atoms with Crippen molar-refractivity contribution in [2.45, 2.75) is 52.4 Å². The summed E-state index contributed by atoms with van der Waals surface area (Å²) in [6, 6.07) is 29.0. The molecule has 0 nitrogen and oxygen atoms in total. The van der Waals surface area contributed by atoms with Crippen LogP contribution in [-0.2, 0) is 10.8 Å². The lowest BCUT2D eigenvalue weighted by molar-refractivity contribution is 0.591. The van der Waals surface area contributed by atoms with Crippen molar-refractivity contribution in [2.75, 3.05) is 0 Å². The molecule has 0 bridgehead atoms. The molecule has 0 fully saturated rings. The van der Waals surface area contributed by atoms with E-state index in [0.29, 0.717) is 0 Å². The van der Waals surface area contributed by atoms with Crippen LogP contribution in [0.4, 0.5) is 0 Å². The molecular weight excluding hydrogens is 612 g/mol. The van der Waals surface area contributed by atoms with Crippen molar-refractivity contribution in [3.05, 3.63) is 83.9 Å². The molecule has 9 rings (SSSR count). The van der Waals surface area contributed by atoms with Gasteiger partial charge < -0.3 is 0 Å². The standard InChI is InChI=1S/C42H30.4Al/c1-41(2,3)31-17-25-9-7-23-15-29-22-36-30(21-35(29)33-13-11-27(19-31)37(25)39(23)33)16-24-8-10-26-18-32(42(4,5)6)20-28-12-14-34(36)40(24)38(26)28;;;;/h9-12,15-22H,1-6H3;;;;. The highest BCUT2D eigenvalue weighted by atomic mass is 27.1. The van der Waals surface area contributed by atoms with Gasteiger partial charge in [0.25, 0.3) is 0 Å². The molecule has 210 valence electrons. The van der Waals surface area contributed by atoms with Crippen LogP contribution in [-0.4, -0.2) is 65.2 Å². The van der Waals surface area contributed by atoms with Crippen LogP contribution in [0.2, 0.25) is 0 Å². The Morgan fingerprint density at radius 2 is 0.609 bits per heavy atom. The van der Waals surface area contributed by atoms with Gasteiger partial charge in [0.1, 0.15) is 0 Å². The molecule has 46 heavy (non-hydrogen) atoms. The maximum atomic E-state index is 3.10. The van der Waals surface area contributed by atoms with E-state index in [1.165, 1.54) is 115 Å². The van der Waals surface area contributed by atoms with Crippen molar-refractivity contribution in [1.82, 2.24) is 0 Å². The predicted molar refractivity (Wildman–Crippen MR) is 208 cm³/mol. The van der Waals surface area contributed by atoms with E-state index in [-0.39, 0.29) is 10.8 Å². The monoisotopic (exact) mass is 642 g/mol. The molecule has 0 saturated carbocycles. The highest BCUT2D eigenvalue weighted by Gasteiger charge is 2.22. The minimum Gasteiger partial charge on any atom is -0.131 e. The van der Waals surface area contributed by atoms with E-state index in [4.69, 9.17) is 0 Å². The van der Waals surface area contributed by atoms with Gasteiger partial charge in [0, 0.05) is 0 Å². The second kappa shape index (κ2) is 9.66. The summed E-state index contributed by atoms with van der Waals surface area (Å²) in [5.74, 6) is 0. The van der Waals surface area contributed by atoms with E-state index < -0.39 is 0 Å².